The molecular weight excluding hydrogens is 394 g/mol. The Morgan fingerprint density at radius 1 is 0.903 bits per heavy atom. The molecule has 0 aliphatic rings. The van der Waals surface area contributed by atoms with Crippen LogP contribution in [0, 0.1) is 5.41 Å². The van der Waals surface area contributed by atoms with Gasteiger partial charge in [0.1, 0.15) is 13.2 Å². The Morgan fingerprint density at radius 3 is 1.77 bits per heavy atom. The van der Waals surface area contributed by atoms with Crippen LogP contribution in [-0.4, -0.2) is 24.7 Å². The van der Waals surface area contributed by atoms with Crippen molar-refractivity contribution in [2.75, 3.05) is 6.54 Å². The van der Waals surface area contributed by atoms with Crippen molar-refractivity contribution in [3.05, 3.63) is 84.4 Å². The molecular formula is C24H29N3O4. The first-order chi connectivity index (χ1) is 14.9. The fourth-order valence-electron chi connectivity index (χ4n) is 2.57. The lowest BCUT2D eigenvalue weighted by Gasteiger charge is -2.21. The Labute approximate surface area is 183 Å². The molecule has 0 spiro atoms. The van der Waals surface area contributed by atoms with E-state index in [0.717, 1.165) is 17.5 Å². The van der Waals surface area contributed by atoms with Gasteiger partial charge in [0.05, 0.1) is 0 Å². The standard InChI is InChI=1S/C24H29N3O4/c1-4-15-24(2,3)18-25-21(26-22(28)30-16-19-11-7-5-8-12-19)27-23(29)31-17-20-13-9-6-10-14-20/h4-14H,1,15-18H2,2-3H3,(H2,25,26,27,28,29). The first-order valence-corrected chi connectivity index (χ1v) is 9.99. The van der Waals surface area contributed by atoms with Gasteiger partial charge in [0.25, 0.3) is 0 Å². The molecule has 0 heterocycles. The van der Waals surface area contributed by atoms with Crippen LogP contribution in [0.5, 0.6) is 0 Å². The summed E-state index contributed by atoms with van der Waals surface area (Å²) in [7, 11) is 0. The number of hydrogen-bond donors (Lipinski definition) is 2. The molecule has 7 nitrogen and oxygen atoms in total. The first-order valence-electron chi connectivity index (χ1n) is 9.99. The summed E-state index contributed by atoms with van der Waals surface area (Å²) in [5.41, 5.74) is 1.50. The van der Waals surface area contributed by atoms with Gasteiger partial charge in [-0.25, -0.2) is 9.59 Å². The summed E-state index contributed by atoms with van der Waals surface area (Å²) in [6.45, 7) is 8.32. The monoisotopic (exact) mass is 423 g/mol. The number of alkyl carbamates (subject to hydrolysis) is 2. The molecule has 31 heavy (non-hydrogen) atoms. The molecule has 2 amide bonds. The maximum atomic E-state index is 12.2. The Hall–Kier alpha value is -3.61. The molecule has 0 saturated heterocycles. The van der Waals surface area contributed by atoms with Gasteiger partial charge < -0.3 is 9.47 Å². The maximum Gasteiger partial charge on any atom is 0.414 e. The minimum atomic E-state index is -0.729. The second-order valence-electron chi connectivity index (χ2n) is 7.70. The van der Waals surface area contributed by atoms with Crippen LogP contribution in [0.15, 0.2) is 78.3 Å². The number of carbonyl (C=O) groups excluding carboxylic acids is 2. The number of guanidine groups is 1. The summed E-state index contributed by atoms with van der Waals surface area (Å²) < 4.78 is 10.4. The van der Waals surface area contributed by atoms with E-state index in [1.54, 1.807) is 6.08 Å². The van der Waals surface area contributed by atoms with Crippen LogP contribution in [-0.2, 0) is 22.7 Å². The predicted molar refractivity (Wildman–Crippen MR) is 120 cm³/mol. The molecule has 0 aliphatic heterocycles. The van der Waals surface area contributed by atoms with E-state index < -0.39 is 12.2 Å². The maximum absolute atomic E-state index is 12.2. The van der Waals surface area contributed by atoms with Crippen LogP contribution in [0.4, 0.5) is 9.59 Å². The molecule has 2 aromatic carbocycles. The number of amides is 2. The van der Waals surface area contributed by atoms with E-state index in [1.807, 2.05) is 74.5 Å². The zero-order valence-electron chi connectivity index (χ0n) is 18.0. The van der Waals surface area contributed by atoms with E-state index >= 15 is 0 Å². The lowest BCUT2D eigenvalue weighted by atomic mass is 9.90. The summed E-state index contributed by atoms with van der Waals surface area (Å²) in [6.07, 6.45) is 1.07. The molecule has 2 rings (SSSR count). The Bertz CT molecular complexity index is 821. The molecule has 0 saturated carbocycles. The molecule has 0 bridgehead atoms. The molecule has 0 atom stereocenters. The van der Waals surface area contributed by atoms with E-state index in [0.29, 0.717) is 6.54 Å². The highest BCUT2D eigenvalue weighted by molar-refractivity contribution is 6.01. The number of nitrogens with zero attached hydrogens (tertiary/aromatic N) is 1. The molecule has 0 aliphatic carbocycles. The Morgan fingerprint density at radius 2 is 1.35 bits per heavy atom. The van der Waals surface area contributed by atoms with Gasteiger partial charge in [0.15, 0.2) is 0 Å². The molecule has 2 N–H and O–H groups in total. The van der Waals surface area contributed by atoms with Crippen molar-refractivity contribution in [3.63, 3.8) is 0 Å². The predicted octanol–water partition coefficient (Wildman–Crippen LogP) is 4.80. The first kappa shape index (κ1) is 23.7. The highest BCUT2D eigenvalue weighted by Gasteiger charge is 2.18. The quantitative estimate of drug-likeness (QED) is 0.363. The van der Waals surface area contributed by atoms with E-state index in [2.05, 4.69) is 22.2 Å². The number of carbonyl (C=O) groups is 2. The van der Waals surface area contributed by atoms with Gasteiger partial charge in [-0.3, -0.25) is 15.6 Å². The van der Waals surface area contributed by atoms with Gasteiger partial charge in [-0.1, -0.05) is 80.6 Å². The van der Waals surface area contributed by atoms with Crippen LogP contribution in [0.2, 0.25) is 0 Å². The summed E-state index contributed by atoms with van der Waals surface area (Å²) in [5, 5.41) is 4.96. The van der Waals surface area contributed by atoms with Crippen molar-refractivity contribution in [2.45, 2.75) is 33.5 Å². The number of nitrogens with one attached hydrogen (secondary N) is 2. The van der Waals surface area contributed by atoms with Crippen LogP contribution < -0.4 is 10.6 Å². The highest BCUT2D eigenvalue weighted by atomic mass is 16.6. The second kappa shape index (κ2) is 12.2. The molecule has 0 fully saturated rings. The number of aliphatic imine (C=N–C) groups is 1. The van der Waals surface area contributed by atoms with Gasteiger partial charge in [-0.2, -0.15) is 0 Å². The number of rotatable bonds is 8. The second-order valence-corrected chi connectivity index (χ2v) is 7.70. The van der Waals surface area contributed by atoms with Crippen molar-refractivity contribution in [3.8, 4) is 0 Å². The van der Waals surface area contributed by atoms with Crippen LogP contribution >= 0.6 is 0 Å². The third-order valence-electron chi connectivity index (χ3n) is 4.23. The molecule has 7 heteroatoms. The van der Waals surface area contributed by atoms with Crippen molar-refractivity contribution in [1.29, 1.82) is 0 Å². The van der Waals surface area contributed by atoms with Crippen molar-refractivity contribution in [2.24, 2.45) is 10.4 Å². The van der Waals surface area contributed by atoms with E-state index in [-0.39, 0.29) is 24.6 Å². The van der Waals surface area contributed by atoms with Gasteiger partial charge in [-0.15, -0.1) is 6.58 Å². The fraction of sp³-hybridized carbons (Fsp3) is 0.292. The van der Waals surface area contributed by atoms with Gasteiger partial charge in [-0.05, 0) is 23.0 Å². The number of hydrogen-bond acceptors (Lipinski definition) is 5. The van der Waals surface area contributed by atoms with Gasteiger partial charge >= 0.3 is 12.2 Å². The fourth-order valence-corrected chi connectivity index (χ4v) is 2.57. The number of benzene rings is 2. The average Bonchev–Trinajstić information content (AvgIpc) is 2.76. The smallest absolute Gasteiger partial charge is 0.414 e. The molecule has 164 valence electrons. The molecule has 0 aromatic heterocycles. The summed E-state index contributed by atoms with van der Waals surface area (Å²) in [5.74, 6) is -0.0340. The third-order valence-corrected chi connectivity index (χ3v) is 4.23. The van der Waals surface area contributed by atoms with Gasteiger partial charge in [0.2, 0.25) is 5.96 Å². The van der Waals surface area contributed by atoms with Crippen LogP contribution in [0.1, 0.15) is 31.4 Å². The molecule has 0 radical (unpaired) electrons. The third kappa shape index (κ3) is 9.62. The SMILES string of the molecule is C=CCC(C)(C)CN=C(NC(=O)OCc1ccccc1)NC(=O)OCc1ccccc1. The normalized spacial score (nSPS) is 10.5. The Kier molecular flexibility index (Phi) is 9.29. The number of ether oxygens (including phenoxy) is 2. The molecule has 0 unspecified atom stereocenters. The highest BCUT2D eigenvalue weighted by Crippen LogP contribution is 2.20. The van der Waals surface area contributed by atoms with E-state index in [4.69, 9.17) is 9.47 Å². The molecule has 2 aromatic rings. The lowest BCUT2D eigenvalue weighted by Crippen LogP contribution is -2.44. The van der Waals surface area contributed by atoms with Crippen LogP contribution in [0.3, 0.4) is 0 Å². The topological polar surface area (TPSA) is 89.0 Å². The largest absolute Gasteiger partial charge is 0.444 e. The zero-order valence-corrected chi connectivity index (χ0v) is 18.0. The Balaban J connectivity index is 1.96. The van der Waals surface area contributed by atoms with E-state index in [9.17, 15) is 9.59 Å². The summed E-state index contributed by atoms with van der Waals surface area (Å²) in [6, 6.07) is 18.6. The average molecular weight is 424 g/mol. The lowest BCUT2D eigenvalue weighted by molar-refractivity contribution is 0.141. The van der Waals surface area contributed by atoms with Crippen LogP contribution in [0.25, 0.3) is 0 Å². The summed E-state index contributed by atoms with van der Waals surface area (Å²) >= 11 is 0. The summed E-state index contributed by atoms with van der Waals surface area (Å²) in [4.78, 5) is 28.8. The number of allylic oxidation sites excluding steroid dienone is 1. The van der Waals surface area contributed by atoms with Crippen molar-refractivity contribution >= 4 is 18.1 Å². The van der Waals surface area contributed by atoms with E-state index in [1.165, 1.54) is 0 Å². The minimum absolute atomic E-state index is 0.0340. The minimum Gasteiger partial charge on any atom is -0.444 e. The van der Waals surface area contributed by atoms with Crippen molar-refractivity contribution in [1.82, 2.24) is 10.6 Å². The van der Waals surface area contributed by atoms with Crippen molar-refractivity contribution < 1.29 is 19.1 Å². The van der Waals surface area contributed by atoms with Gasteiger partial charge in [0, 0.05) is 6.54 Å². The zero-order chi connectivity index (χ0) is 22.5.